The Balaban J connectivity index is 1.31. The van der Waals surface area contributed by atoms with Crippen molar-refractivity contribution in [3.05, 3.63) is 82.6 Å². The van der Waals surface area contributed by atoms with Crippen molar-refractivity contribution in [2.75, 3.05) is 18.4 Å². The Morgan fingerprint density at radius 3 is 2.60 bits per heavy atom. The van der Waals surface area contributed by atoms with Crippen LogP contribution in [0.5, 0.6) is 11.5 Å². The number of hydrogen-bond donors (Lipinski definition) is 2. The average molecular weight is 503 g/mol. The van der Waals surface area contributed by atoms with Gasteiger partial charge in [0.2, 0.25) is 5.91 Å². The minimum Gasteiger partial charge on any atom is -0.457 e. The summed E-state index contributed by atoms with van der Waals surface area (Å²) in [7, 11) is 0. The molecule has 0 atom stereocenters. The molecular formula is C25H22ClF3N4O2. The largest absolute Gasteiger partial charge is 0.457 e. The maximum absolute atomic E-state index is 13.0. The summed E-state index contributed by atoms with van der Waals surface area (Å²) < 4.78 is 44.9. The number of ether oxygens (including phenoxy) is 1. The van der Waals surface area contributed by atoms with Gasteiger partial charge in [-0.05, 0) is 54.8 Å². The fourth-order valence-corrected chi connectivity index (χ4v) is 3.69. The van der Waals surface area contributed by atoms with Crippen LogP contribution >= 0.6 is 11.6 Å². The van der Waals surface area contributed by atoms with Crippen LogP contribution in [0.2, 0.25) is 5.02 Å². The van der Waals surface area contributed by atoms with E-state index >= 15 is 0 Å². The van der Waals surface area contributed by atoms with E-state index in [9.17, 15) is 18.0 Å². The third-order valence-electron chi connectivity index (χ3n) is 5.23. The van der Waals surface area contributed by atoms with Gasteiger partial charge in [-0.1, -0.05) is 23.7 Å². The van der Waals surface area contributed by atoms with Gasteiger partial charge >= 0.3 is 6.18 Å². The molecule has 1 aliphatic heterocycles. The van der Waals surface area contributed by atoms with Crippen molar-refractivity contribution in [1.29, 1.82) is 0 Å². The first-order valence-corrected chi connectivity index (χ1v) is 11.3. The van der Waals surface area contributed by atoms with Gasteiger partial charge in [0.15, 0.2) is 0 Å². The summed E-state index contributed by atoms with van der Waals surface area (Å²) in [5, 5.41) is 5.30. The number of anilines is 1. The fourth-order valence-electron chi connectivity index (χ4n) is 3.47. The molecule has 10 heteroatoms. The van der Waals surface area contributed by atoms with Gasteiger partial charge in [0.25, 0.3) is 0 Å². The molecule has 35 heavy (non-hydrogen) atoms. The number of alkyl halides is 3. The highest BCUT2D eigenvalue weighted by molar-refractivity contribution is 6.31. The number of amides is 1. The first-order valence-electron chi connectivity index (χ1n) is 11.0. The number of aromatic nitrogens is 1. The second kappa shape index (κ2) is 10.8. The Morgan fingerprint density at radius 1 is 1.09 bits per heavy atom. The molecule has 4 rings (SSSR count). The van der Waals surface area contributed by atoms with Crippen LogP contribution < -0.4 is 15.4 Å². The minimum atomic E-state index is -4.60. The molecule has 0 aliphatic carbocycles. The smallest absolute Gasteiger partial charge is 0.417 e. The lowest BCUT2D eigenvalue weighted by atomic mass is 10.1. The second-order valence-corrected chi connectivity index (χ2v) is 8.28. The molecular weight excluding hydrogens is 481 g/mol. The number of carbonyl (C=O) groups excluding carboxylic acids is 1. The maximum Gasteiger partial charge on any atom is 0.417 e. The number of carbonyl (C=O) groups is 1. The molecule has 2 N–H and O–H groups in total. The molecule has 2 aromatic carbocycles. The van der Waals surface area contributed by atoms with Crippen molar-refractivity contribution in [3.63, 3.8) is 0 Å². The number of benzene rings is 2. The molecule has 1 aromatic heterocycles. The molecule has 0 fully saturated rings. The summed E-state index contributed by atoms with van der Waals surface area (Å²) in [4.78, 5) is 21.0. The predicted molar refractivity (Wildman–Crippen MR) is 128 cm³/mol. The standard InChI is InChI=1S/C25H22ClF3N4O2/c26-21-8-5-17(14-20(21)25(27,28)29)33-23(34)9-4-16-2-6-18(7-3-16)35-19-10-13-30-22(15-19)24-31-11-1-12-32-24/h2-3,5-8,10,13-15H,1,4,9,11-12H2,(H,31,32)(H,33,34). The van der Waals surface area contributed by atoms with E-state index in [-0.39, 0.29) is 12.1 Å². The van der Waals surface area contributed by atoms with Crippen molar-refractivity contribution < 1.29 is 22.7 Å². The van der Waals surface area contributed by atoms with Crippen LogP contribution in [0.25, 0.3) is 0 Å². The van der Waals surface area contributed by atoms with E-state index in [1.165, 1.54) is 6.07 Å². The molecule has 0 unspecified atom stereocenters. The zero-order valence-electron chi connectivity index (χ0n) is 18.5. The molecule has 0 bridgehead atoms. The number of aliphatic imine (C=N–C) groups is 1. The van der Waals surface area contributed by atoms with Gasteiger partial charge in [-0.2, -0.15) is 13.2 Å². The van der Waals surface area contributed by atoms with Gasteiger partial charge in [0, 0.05) is 37.5 Å². The monoisotopic (exact) mass is 502 g/mol. The quantitative estimate of drug-likeness (QED) is 0.424. The van der Waals surface area contributed by atoms with Crippen LogP contribution in [0.1, 0.15) is 29.7 Å². The Labute approximate surface area is 205 Å². The topological polar surface area (TPSA) is 75.6 Å². The van der Waals surface area contributed by atoms with Crippen LogP contribution in [-0.4, -0.2) is 29.8 Å². The lowest BCUT2D eigenvalue weighted by Crippen LogP contribution is -2.30. The predicted octanol–water partition coefficient (Wildman–Crippen LogP) is 5.86. The summed E-state index contributed by atoms with van der Waals surface area (Å²) in [6, 6.07) is 14.1. The molecule has 1 amide bonds. The number of pyridine rings is 1. The lowest BCUT2D eigenvalue weighted by molar-refractivity contribution is -0.137. The summed E-state index contributed by atoms with van der Waals surface area (Å²) in [6.45, 7) is 1.63. The average Bonchev–Trinajstić information content (AvgIpc) is 2.85. The number of aryl methyl sites for hydroxylation is 1. The SMILES string of the molecule is O=C(CCc1ccc(Oc2ccnc(C3=NCCCN3)c2)cc1)Nc1ccc(Cl)c(C(F)(F)F)c1. The summed E-state index contributed by atoms with van der Waals surface area (Å²) in [5.74, 6) is 1.60. The summed E-state index contributed by atoms with van der Waals surface area (Å²) in [6.07, 6.45) is -1.42. The number of halogens is 4. The van der Waals surface area contributed by atoms with Crippen LogP contribution in [0, 0.1) is 0 Å². The highest BCUT2D eigenvalue weighted by Crippen LogP contribution is 2.36. The van der Waals surface area contributed by atoms with Gasteiger partial charge in [-0.15, -0.1) is 0 Å². The Bertz CT molecular complexity index is 1230. The molecule has 3 aromatic rings. The molecule has 1 aliphatic rings. The number of nitrogens with zero attached hydrogens (tertiary/aromatic N) is 2. The van der Waals surface area contributed by atoms with Crippen LogP contribution in [0.4, 0.5) is 18.9 Å². The van der Waals surface area contributed by atoms with Crippen LogP contribution in [-0.2, 0) is 17.4 Å². The fraction of sp³-hybridized carbons (Fsp3) is 0.240. The van der Waals surface area contributed by atoms with E-state index in [0.717, 1.165) is 43.0 Å². The van der Waals surface area contributed by atoms with Gasteiger partial charge in [0.05, 0.1) is 10.6 Å². The third kappa shape index (κ3) is 6.73. The van der Waals surface area contributed by atoms with Crippen molar-refractivity contribution in [2.45, 2.75) is 25.4 Å². The van der Waals surface area contributed by atoms with Crippen LogP contribution in [0.15, 0.2) is 65.8 Å². The molecule has 0 saturated carbocycles. The molecule has 6 nitrogen and oxygen atoms in total. The lowest BCUT2D eigenvalue weighted by Gasteiger charge is -2.14. The summed E-state index contributed by atoms with van der Waals surface area (Å²) in [5.41, 5.74) is 0.655. The number of rotatable bonds is 7. The van der Waals surface area contributed by atoms with E-state index in [1.807, 2.05) is 18.2 Å². The zero-order chi connectivity index (χ0) is 24.8. The first-order chi connectivity index (χ1) is 16.8. The molecule has 0 radical (unpaired) electrons. The molecule has 0 spiro atoms. The van der Waals surface area contributed by atoms with Crippen molar-refractivity contribution >= 4 is 29.0 Å². The van der Waals surface area contributed by atoms with E-state index in [2.05, 4.69) is 20.6 Å². The molecule has 0 saturated heterocycles. The van der Waals surface area contributed by atoms with E-state index in [1.54, 1.807) is 24.4 Å². The Hall–Kier alpha value is -3.59. The van der Waals surface area contributed by atoms with E-state index in [0.29, 0.717) is 23.6 Å². The van der Waals surface area contributed by atoms with Crippen LogP contribution in [0.3, 0.4) is 0 Å². The minimum absolute atomic E-state index is 0.0431. The van der Waals surface area contributed by atoms with Gasteiger partial charge in [-0.3, -0.25) is 14.8 Å². The van der Waals surface area contributed by atoms with Crippen molar-refractivity contribution in [3.8, 4) is 11.5 Å². The van der Waals surface area contributed by atoms with Gasteiger partial charge in [-0.25, -0.2) is 0 Å². The number of amidine groups is 1. The number of nitrogens with one attached hydrogen (secondary N) is 2. The highest BCUT2D eigenvalue weighted by atomic mass is 35.5. The van der Waals surface area contributed by atoms with Crippen molar-refractivity contribution in [2.24, 2.45) is 4.99 Å². The number of hydrogen-bond acceptors (Lipinski definition) is 5. The molecule has 182 valence electrons. The second-order valence-electron chi connectivity index (χ2n) is 7.87. The first kappa shape index (κ1) is 24.5. The Morgan fingerprint density at radius 2 is 1.89 bits per heavy atom. The molecule has 2 heterocycles. The maximum atomic E-state index is 13.0. The zero-order valence-corrected chi connectivity index (χ0v) is 19.3. The van der Waals surface area contributed by atoms with Gasteiger partial charge in [0.1, 0.15) is 23.0 Å². The Kier molecular flexibility index (Phi) is 7.55. The third-order valence-corrected chi connectivity index (χ3v) is 5.56. The normalized spacial score (nSPS) is 13.5. The summed E-state index contributed by atoms with van der Waals surface area (Å²) >= 11 is 5.61. The van der Waals surface area contributed by atoms with Gasteiger partial charge < -0.3 is 15.4 Å². The van der Waals surface area contributed by atoms with E-state index < -0.39 is 22.7 Å². The highest BCUT2D eigenvalue weighted by Gasteiger charge is 2.33. The van der Waals surface area contributed by atoms with Crippen molar-refractivity contribution in [1.82, 2.24) is 10.3 Å². The van der Waals surface area contributed by atoms with E-state index in [4.69, 9.17) is 16.3 Å².